The summed E-state index contributed by atoms with van der Waals surface area (Å²) in [6, 6.07) is 11.7. The summed E-state index contributed by atoms with van der Waals surface area (Å²) in [5.41, 5.74) is 7.36. The van der Waals surface area contributed by atoms with Crippen molar-refractivity contribution in [2.45, 2.75) is 6.92 Å². The summed E-state index contributed by atoms with van der Waals surface area (Å²) >= 11 is 0. The van der Waals surface area contributed by atoms with E-state index in [1.165, 1.54) is 6.07 Å². The van der Waals surface area contributed by atoms with Gasteiger partial charge >= 0.3 is 0 Å². The van der Waals surface area contributed by atoms with E-state index in [-0.39, 0.29) is 12.5 Å². The molecule has 7 nitrogen and oxygen atoms in total. The van der Waals surface area contributed by atoms with Crippen molar-refractivity contribution in [3.63, 3.8) is 0 Å². The second-order valence-corrected chi connectivity index (χ2v) is 5.15. The second-order valence-electron chi connectivity index (χ2n) is 5.15. The van der Waals surface area contributed by atoms with Gasteiger partial charge in [-0.1, -0.05) is 6.07 Å². The summed E-state index contributed by atoms with van der Waals surface area (Å²) in [7, 11) is 0. The predicted molar refractivity (Wildman–Crippen MR) is 87.8 cm³/mol. The average molecular weight is 325 g/mol. The lowest BCUT2D eigenvalue weighted by atomic mass is 10.2. The Bertz CT molecular complexity index is 917. The van der Waals surface area contributed by atoms with E-state index in [0.29, 0.717) is 34.0 Å². The third kappa shape index (κ3) is 3.52. The van der Waals surface area contributed by atoms with Crippen LogP contribution in [0.1, 0.15) is 16.2 Å². The Morgan fingerprint density at radius 2 is 2.08 bits per heavy atom. The fourth-order valence-corrected chi connectivity index (χ4v) is 2.21. The number of hydrogen-bond acceptors (Lipinski definition) is 5. The number of carbonyl (C=O) groups is 2. The van der Waals surface area contributed by atoms with Crippen LogP contribution in [-0.4, -0.2) is 23.4 Å². The highest BCUT2D eigenvalue weighted by Crippen LogP contribution is 2.21. The summed E-state index contributed by atoms with van der Waals surface area (Å²) in [4.78, 5) is 27.3. The lowest BCUT2D eigenvalue weighted by Gasteiger charge is -2.07. The van der Waals surface area contributed by atoms with Crippen LogP contribution in [0.3, 0.4) is 0 Å². The first-order chi connectivity index (χ1) is 11.5. The van der Waals surface area contributed by atoms with Gasteiger partial charge < -0.3 is 20.2 Å². The largest absolute Gasteiger partial charge is 0.484 e. The number of hydrogen-bond donors (Lipinski definition) is 2. The van der Waals surface area contributed by atoms with Crippen molar-refractivity contribution in [2.24, 2.45) is 5.73 Å². The molecule has 0 aliphatic rings. The highest BCUT2D eigenvalue weighted by molar-refractivity contribution is 6.05. The third-order valence-corrected chi connectivity index (χ3v) is 3.23. The maximum atomic E-state index is 12.3. The van der Waals surface area contributed by atoms with E-state index in [2.05, 4.69) is 10.3 Å². The van der Waals surface area contributed by atoms with Crippen LogP contribution in [0, 0.1) is 6.92 Å². The first-order valence-electron chi connectivity index (χ1n) is 7.21. The van der Waals surface area contributed by atoms with Crippen LogP contribution >= 0.6 is 0 Å². The van der Waals surface area contributed by atoms with E-state index >= 15 is 0 Å². The molecule has 0 atom stereocenters. The molecule has 3 rings (SSSR count). The molecule has 0 fully saturated rings. The number of aryl methyl sites for hydroxylation is 1. The van der Waals surface area contributed by atoms with Crippen molar-refractivity contribution in [1.82, 2.24) is 4.98 Å². The number of amides is 2. The Labute approximate surface area is 137 Å². The SMILES string of the molecule is Cc1nc2cc(NC(=O)c3cccc(OCC(N)=O)c3)ccc2o1. The molecule has 1 heterocycles. The average Bonchev–Trinajstić information content (AvgIpc) is 2.92. The van der Waals surface area contributed by atoms with Gasteiger partial charge in [-0.3, -0.25) is 9.59 Å². The van der Waals surface area contributed by atoms with Crippen LogP contribution < -0.4 is 15.8 Å². The van der Waals surface area contributed by atoms with Gasteiger partial charge in [-0.25, -0.2) is 4.98 Å². The molecule has 122 valence electrons. The fraction of sp³-hybridized carbons (Fsp3) is 0.118. The Balaban J connectivity index is 1.75. The Morgan fingerprint density at radius 1 is 1.25 bits per heavy atom. The minimum Gasteiger partial charge on any atom is -0.484 e. The highest BCUT2D eigenvalue weighted by atomic mass is 16.5. The molecule has 7 heteroatoms. The Hall–Kier alpha value is -3.35. The zero-order chi connectivity index (χ0) is 17.1. The van der Waals surface area contributed by atoms with Gasteiger partial charge in [-0.15, -0.1) is 0 Å². The molecule has 24 heavy (non-hydrogen) atoms. The first kappa shape index (κ1) is 15.5. The molecule has 3 aromatic rings. The maximum absolute atomic E-state index is 12.3. The maximum Gasteiger partial charge on any atom is 0.255 e. The van der Waals surface area contributed by atoms with E-state index in [9.17, 15) is 9.59 Å². The zero-order valence-electron chi connectivity index (χ0n) is 12.9. The van der Waals surface area contributed by atoms with Gasteiger partial charge in [-0.2, -0.15) is 0 Å². The van der Waals surface area contributed by atoms with E-state index in [0.717, 1.165) is 0 Å². The van der Waals surface area contributed by atoms with Gasteiger partial charge in [0.05, 0.1) is 0 Å². The molecule has 1 aromatic heterocycles. The standard InChI is InChI=1S/C17H15N3O4/c1-10-19-14-8-12(5-6-15(14)24-10)20-17(22)11-3-2-4-13(7-11)23-9-16(18)21/h2-8H,9H2,1H3,(H2,18,21)(H,20,22). The monoisotopic (exact) mass is 325 g/mol. The van der Waals surface area contributed by atoms with E-state index in [1.807, 2.05) is 0 Å². The molecular formula is C17H15N3O4. The van der Waals surface area contributed by atoms with Gasteiger partial charge in [0.1, 0.15) is 11.3 Å². The summed E-state index contributed by atoms with van der Waals surface area (Å²) in [5.74, 6) is 0.0666. The van der Waals surface area contributed by atoms with Crippen LogP contribution in [0.2, 0.25) is 0 Å². The molecule has 2 aromatic carbocycles. The minimum atomic E-state index is -0.582. The second kappa shape index (κ2) is 6.41. The van der Waals surface area contributed by atoms with Gasteiger partial charge in [0.25, 0.3) is 11.8 Å². The van der Waals surface area contributed by atoms with Gasteiger partial charge in [0.15, 0.2) is 18.1 Å². The molecule has 3 N–H and O–H groups in total. The van der Waals surface area contributed by atoms with Crippen LogP contribution in [0.5, 0.6) is 5.75 Å². The molecule has 0 unspecified atom stereocenters. The minimum absolute atomic E-state index is 0.243. The van der Waals surface area contributed by atoms with Crippen LogP contribution in [0.25, 0.3) is 11.1 Å². The fourth-order valence-electron chi connectivity index (χ4n) is 2.21. The number of carbonyl (C=O) groups excluding carboxylic acids is 2. The normalized spacial score (nSPS) is 10.5. The van der Waals surface area contributed by atoms with Crippen molar-refractivity contribution < 1.29 is 18.7 Å². The number of nitrogens with two attached hydrogens (primary N) is 1. The molecular weight excluding hydrogens is 310 g/mol. The van der Waals surface area contributed by atoms with E-state index < -0.39 is 5.91 Å². The van der Waals surface area contributed by atoms with Crippen molar-refractivity contribution in [3.05, 3.63) is 53.9 Å². The van der Waals surface area contributed by atoms with Gasteiger partial charge in [0, 0.05) is 18.2 Å². The summed E-state index contributed by atoms with van der Waals surface area (Å²) in [5, 5.41) is 2.78. The Morgan fingerprint density at radius 3 is 2.88 bits per heavy atom. The molecule has 0 radical (unpaired) electrons. The Kier molecular flexibility index (Phi) is 4.15. The topological polar surface area (TPSA) is 107 Å². The number of rotatable bonds is 5. The predicted octanol–water partition coefficient (Wildman–Crippen LogP) is 2.25. The molecule has 0 saturated heterocycles. The van der Waals surface area contributed by atoms with Gasteiger partial charge in [0.2, 0.25) is 0 Å². The number of nitrogens with one attached hydrogen (secondary N) is 1. The number of nitrogens with zero attached hydrogens (tertiary/aromatic N) is 1. The van der Waals surface area contributed by atoms with Crippen LogP contribution in [-0.2, 0) is 4.79 Å². The number of benzene rings is 2. The molecule has 0 bridgehead atoms. The number of oxazole rings is 1. The van der Waals surface area contributed by atoms with Crippen molar-refractivity contribution in [1.29, 1.82) is 0 Å². The number of aromatic nitrogens is 1. The summed E-state index contributed by atoms with van der Waals surface area (Å²) < 4.78 is 10.6. The molecule has 0 saturated carbocycles. The number of ether oxygens (including phenoxy) is 1. The van der Waals surface area contributed by atoms with E-state index in [1.54, 1.807) is 43.3 Å². The number of primary amides is 1. The molecule has 0 spiro atoms. The third-order valence-electron chi connectivity index (χ3n) is 3.23. The number of fused-ring (bicyclic) bond motifs is 1. The smallest absolute Gasteiger partial charge is 0.255 e. The van der Waals surface area contributed by atoms with Crippen molar-refractivity contribution in [2.75, 3.05) is 11.9 Å². The quantitative estimate of drug-likeness (QED) is 0.748. The molecule has 0 aliphatic carbocycles. The molecule has 0 aliphatic heterocycles. The van der Waals surface area contributed by atoms with Crippen LogP contribution in [0.4, 0.5) is 5.69 Å². The van der Waals surface area contributed by atoms with E-state index in [4.69, 9.17) is 14.9 Å². The number of anilines is 1. The molecule has 2 amide bonds. The van der Waals surface area contributed by atoms with Gasteiger partial charge in [-0.05, 0) is 36.4 Å². The highest BCUT2D eigenvalue weighted by Gasteiger charge is 2.10. The lowest BCUT2D eigenvalue weighted by Crippen LogP contribution is -2.20. The van der Waals surface area contributed by atoms with Crippen molar-refractivity contribution >= 4 is 28.6 Å². The van der Waals surface area contributed by atoms with Crippen LogP contribution in [0.15, 0.2) is 46.9 Å². The lowest BCUT2D eigenvalue weighted by molar-refractivity contribution is -0.119. The first-order valence-corrected chi connectivity index (χ1v) is 7.21. The summed E-state index contributed by atoms with van der Waals surface area (Å²) in [6.07, 6.45) is 0. The summed E-state index contributed by atoms with van der Waals surface area (Å²) in [6.45, 7) is 1.52. The zero-order valence-corrected chi connectivity index (χ0v) is 12.9. The van der Waals surface area contributed by atoms with Crippen molar-refractivity contribution in [3.8, 4) is 5.75 Å².